The monoisotopic (exact) mass is 477 g/mol. The smallest absolute Gasteiger partial charge is 0.295 e. The van der Waals surface area contributed by atoms with Gasteiger partial charge in [0, 0.05) is 23.7 Å². The molecule has 0 saturated carbocycles. The van der Waals surface area contributed by atoms with E-state index in [-0.39, 0.29) is 35.4 Å². The van der Waals surface area contributed by atoms with Crippen molar-refractivity contribution < 1.29 is 23.4 Å². The van der Waals surface area contributed by atoms with Gasteiger partial charge in [-0.3, -0.25) is 14.2 Å². The van der Waals surface area contributed by atoms with Crippen LogP contribution in [0.1, 0.15) is 34.2 Å². The van der Waals surface area contributed by atoms with E-state index >= 15 is 0 Å². The largest absolute Gasteiger partial charge is 0.472 e. The van der Waals surface area contributed by atoms with E-state index in [1.807, 2.05) is 0 Å². The Morgan fingerprint density at radius 2 is 1.97 bits per heavy atom. The minimum atomic E-state index is -0.807. The molecular weight excluding hydrogens is 456 g/mol. The second-order valence-corrected chi connectivity index (χ2v) is 7.88. The van der Waals surface area contributed by atoms with E-state index in [2.05, 4.69) is 10.3 Å². The molecule has 0 fully saturated rings. The van der Waals surface area contributed by atoms with Crippen LogP contribution >= 0.6 is 11.6 Å². The van der Waals surface area contributed by atoms with Crippen LogP contribution in [0.2, 0.25) is 5.02 Å². The lowest BCUT2D eigenvalue weighted by Gasteiger charge is -2.20. The normalized spacial score (nSPS) is 11.8. The van der Waals surface area contributed by atoms with Gasteiger partial charge in [-0.1, -0.05) is 17.7 Å². The Labute approximate surface area is 193 Å². The first-order chi connectivity index (χ1) is 15.6. The molecule has 3 aromatic rings. The van der Waals surface area contributed by atoms with Gasteiger partial charge in [0.2, 0.25) is 5.88 Å². The standard InChI is InChI=1S/C23H22ClF2N3O4/c1-12-4-5-15(21(31)27-10-13(2)30)8-19(12)29-14(3)28-22(32)20(24)23(29)33-11-16-6-7-17(25)9-18(16)26/h4-9,13,30H,10-11H2,1-3H3,(H,27,31)/t13-/m1/s1. The van der Waals surface area contributed by atoms with Crippen molar-refractivity contribution in [1.82, 2.24) is 14.9 Å². The van der Waals surface area contributed by atoms with Gasteiger partial charge in [0.15, 0.2) is 5.02 Å². The van der Waals surface area contributed by atoms with Gasteiger partial charge in [-0.25, -0.2) is 8.78 Å². The number of aryl methyl sites for hydroxylation is 2. The second-order valence-electron chi connectivity index (χ2n) is 7.50. The zero-order chi connectivity index (χ0) is 24.3. The Morgan fingerprint density at radius 1 is 1.24 bits per heavy atom. The number of aliphatic hydroxyl groups excluding tert-OH is 1. The van der Waals surface area contributed by atoms with Crippen molar-refractivity contribution in [3.63, 3.8) is 0 Å². The Morgan fingerprint density at radius 3 is 2.64 bits per heavy atom. The average molecular weight is 478 g/mol. The summed E-state index contributed by atoms with van der Waals surface area (Å²) in [4.78, 5) is 28.6. The van der Waals surface area contributed by atoms with Crippen LogP contribution < -0.4 is 15.6 Å². The molecule has 0 spiro atoms. The molecule has 1 heterocycles. The maximum absolute atomic E-state index is 14.1. The summed E-state index contributed by atoms with van der Waals surface area (Å²) in [5.74, 6) is -1.82. The predicted octanol–water partition coefficient (Wildman–Crippen LogP) is 3.47. The number of carbonyl (C=O) groups excluding carboxylic acids is 1. The van der Waals surface area contributed by atoms with Gasteiger partial charge in [-0.05, 0) is 50.6 Å². The topological polar surface area (TPSA) is 93.5 Å². The maximum atomic E-state index is 14.1. The highest BCUT2D eigenvalue weighted by Crippen LogP contribution is 2.29. The van der Waals surface area contributed by atoms with Crippen molar-refractivity contribution in [2.75, 3.05) is 6.54 Å². The number of carbonyl (C=O) groups is 1. The molecule has 2 N–H and O–H groups in total. The van der Waals surface area contributed by atoms with Crippen LogP contribution in [0.3, 0.4) is 0 Å². The predicted molar refractivity (Wildman–Crippen MR) is 119 cm³/mol. The van der Waals surface area contributed by atoms with Gasteiger partial charge >= 0.3 is 0 Å². The van der Waals surface area contributed by atoms with E-state index < -0.39 is 29.2 Å². The molecule has 1 atom stereocenters. The number of nitrogens with one attached hydrogen (secondary N) is 1. The Hall–Kier alpha value is -3.30. The van der Waals surface area contributed by atoms with Crippen LogP contribution in [0.5, 0.6) is 5.88 Å². The van der Waals surface area contributed by atoms with Gasteiger partial charge in [-0.15, -0.1) is 0 Å². The molecule has 7 nitrogen and oxygen atoms in total. The fourth-order valence-electron chi connectivity index (χ4n) is 3.11. The molecule has 174 valence electrons. The van der Waals surface area contributed by atoms with Crippen molar-refractivity contribution in [2.24, 2.45) is 0 Å². The lowest BCUT2D eigenvalue weighted by atomic mass is 10.1. The fraction of sp³-hybridized carbons (Fsp3) is 0.261. The third-order valence-corrected chi connectivity index (χ3v) is 5.14. The first kappa shape index (κ1) is 24.3. The highest BCUT2D eigenvalue weighted by Gasteiger charge is 2.20. The summed E-state index contributed by atoms with van der Waals surface area (Å²) in [5.41, 5.74) is 0.791. The first-order valence-electron chi connectivity index (χ1n) is 10.0. The van der Waals surface area contributed by atoms with E-state index in [1.54, 1.807) is 39.0 Å². The van der Waals surface area contributed by atoms with E-state index in [9.17, 15) is 23.5 Å². The van der Waals surface area contributed by atoms with Gasteiger partial charge in [0.1, 0.15) is 24.1 Å². The summed E-state index contributed by atoms with van der Waals surface area (Å²) in [6.45, 7) is 4.63. The molecule has 2 aromatic carbocycles. The minimum Gasteiger partial charge on any atom is -0.472 e. The number of amides is 1. The van der Waals surface area contributed by atoms with Crippen molar-refractivity contribution in [3.8, 4) is 11.6 Å². The SMILES string of the molecule is Cc1ccc(C(=O)NC[C@@H](C)O)cc1-n1c(C)nc(=O)c(Cl)c1OCc1ccc(F)cc1F. The molecular formula is C23H22ClF2N3O4. The summed E-state index contributed by atoms with van der Waals surface area (Å²) in [6, 6.07) is 7.92. The number of benzene rings is 2. The number of halogens is 3. The summed E-state index contributed by atoms with van der Waals surface area (Å²) in [7, 11) is 0. The van der Waals surface area contributed by atoms with Crippen molar-refractivity contribution in [3.05, 3.63) is 85.9 Å². The maximum Gasteiger partial charge on any atom is 0.295 e. The molecule has 0 radical (unpaired) electrons. The van der Waals surface area contributed by atoms with Crippen LogP contribution in [0.15, 0.2) is 41.2 Å². The van der Waals surface area contributed by atoms with E-state index in [0.29, 0.717) is 16.8 Å². The summed E-state index contributed by atoms with van der Waals surface area (Å²) in [5, 5.41) is 11.7. The third kappa shape index (κ3) is 5.55. The highest BCUT2D eigenvalue weighted by atomic mass is 35.5. The molecule has 0 aliphatic rings. The minimum absolute atomic E-state index is 0.0592. The molecule has 0 bridgehead atoms. The molecule has 3 rings (SSSR count). The van der Waals surface area contributed by atoms with Crippen molar-refractivity contribution >= 4 is 17.5 Å². The van der Waals surface area contributed by atoms with Crippen molar-refractivity contribution in [2.45, 2.75) is 33.5 Å². The van der Waals surface area contributed by atoms with Crippen LogP contribution in [-0.4, -0.2) is 33.2 Å². The van der Waals surface area contributed by atoms with Crippen LogP contribution in [0, 0.1) is 25.5 Å². The lowest BCUT2D eigenvalue weighted by Crippen LogP contribution is -2.30. The molecule has 1 aromatic heterocycles. The molecule has 1 amide bonds. The lowest BCUT2D eigenvalue weighted by molar-refractivity contribution is 0.0924. The fourth-order valence-corrected chi connectivity index (χ4v) is 3.29. The quantitative estimate of drug-likeness (QED) is 0.543. The highest BCUT2D eigenvalue weighted by molar-refractivity contribution is 6.31. The van der Waals surface area contributed by atoms with E-state index in [0.717, 1.165) is 12.1 Å². The molecule has 0 aliphatic carbocycles. The van der Waals surface area contributed by atoms with Gasteiger partial charge in [0.25, 0.3) is 11.5 Å². The zero-order valence-electron chi connectivity index (χ0n) is 18.2. The molecule has 0 saturated heterocycles. The number of hydrogen-bond donors (Lipinski definition) is 2. The van der Waals surface area contributed by atoms with Gasteiger partial charge < -0.3 is 15.2 Å². The second kappa shape index (κ2) is 10.1. The Kier molecular flexibility index (Phi) is 7.45. The number of aromatic nitrogens is 2. The molecule has 0 aliphatic heterocycles. The summed E-state index contributed by atoms with van der Waals surface area (Å²) in [6.07, 6.45) is -0.713. The summed E-state index contributed by atoms with van der Waals surface area (Å²) >= 11 is 6.21. The van der Waals surface area contributed by atoms with Gasteiger partial charge in [0.05, 0.1) is 11.8 Å². The van der Waals surface area contributed by atoms with Crippen LogP contribution in [-0.2, 0) is 6.61 Å². The van der Waals surface area contributed by atoms with Crippen molar-refractivity contribution in [1.29, 1.82) is 0 Å². The Bertz CT molecular complexity index is 1260. The first-order valence-corrected chi connectivity index (χ1v) is 10.4. The molecule has 33 heavy (non-hydrogen) atoms. The Balaban J connectivity index is 2.06. The number of nitrogens with zero attached hydrogens (tertiary/aromatic N) is 2. The van der Waals surface area contributed by atoms with Gasteiger partial charge in [-0.2, -0.15) is 4.98 Å². The average Bonchev–Trinajstić information content (AvgIpc) is 2.75. The summed E-state index contributed by atoms with van der Waals surface area (Å²) < 4.78 is 34.5. The van der Waals surface area contributed by atoms with Crippen LogP contribution in [0.25, 0.3) is 5.69 Å². The van der Waals surface area contributed by atoms with E-state index in [1.165, 1.54) is 10.6 Å². The molecule has 10 heteroatoms. The number of hydrogen-bond acceptors (Lipinski definition) is 5. The molecule has 0 unspecified atom stereocenters. The number of ether oxygens (including phenoxy) is 1. The third-order valence-electron chi connectivity index (χ3n) is 4.82. The zero-order valence-corrected chi connectivity index (χ0v) is 18.9. The van der Waals surface area contributed by atoms with Crippen LogP contribution in [0.4, 0.5) is 8.78 Å². The number of aliphatic hydroxyl groups is 1. The van der Waals surface area contributed by atoms with E-state index in [4.69, 9.17) is 16.3 Å². The number of rotatable bonds is 7.